The third-order valence-corrected chi connectivity index (χ3v) is 4.93. The van der Waals surface area contributed by atoms with E-state index in [0.717, 1.165) is 45.4 Å². The summed E-state index contributed by atoms with van der Waals surface area (Å²) in [5.74, 6) is -0.0939. The molecule has 0 aromatic rings. The molecule has 3 unspecified atom stereocenters. The Bertz CT molecular complexity index is 350. The lowest BCUT2D eigenvalue weighted by molar-refractivity contribution is -0.148. The van der Waals surface area contributed by atoms with Crippen LogP contribution in [0.2, 0.25) is 0 Å². The molecule has 1 aliphatic heterocycles. The third-order valence-electron chi connectivity index (χ3n) is 4.93. The Kier molecular flexibility index (Phi) is 5.04. The molecule has 0 bridgehead atoms. The van der Waals surface area contributed by atoms with Gasteiger partial charge in [-0.05, 0) is 39.8 Å². The molecule has 0 spiro atoms. The van der Waals surface area contributed by atoms with E-state index in [1.165, 1.54) is 7.11 Å². The van der Waals surface area contributed by atoms with Crippen LogP contribution in [-0.2, 0) is 9.53 Å². The summed E-state index contributed by atoms with van der Waals surface area (Å²) in [6.07, 6.45) is 2.84. The molecular formula is C15H29N3O2. The van der Waals surface area contributed by atoms with Crippen molar-refractivity contribution in [1.82, 2.24) is 15.1 Å². The minimum Gasteiger partial charge on any atom is -0.468 e. The van der Waals surface area contributed by atoms with Gasteiger partial charge in [0.1, 0.15) is 5.54 Å². The summed E-state index contributed by atoms with van der Waals surface area (Å²) in [6, 6.07) is 1.06. The lowest BCUT2D eigenvalue weighted by Gasteiger charge is -2.42. The number of carbonyl (C=O) groups excluding carboxylic acids is 1. The van der Waals surface area contributed by atoms with Crippen LogP contribution in [-0.4, -0.2) is 73.7 Å². The highest BCUT2D eigenvalue weighted by Crippen LogP contribution is 2.35. The average molecular weight is 283 g/mol. The van der Waals surface area contributed by atoms with Gasteiger partial charge in [-0.1, -0.05) is 6.92 Å². The maximum Gasteiger partial charge on any atom is 0.326 e. The Hall–Kier alpha value is -0.650. The Balaban J connectivity index is 2.04. The molecule has 1 N–H and O–H groups in total. The van der Waals surface area contributed by atoms with Gasteiger partial charge < -0.3 is 15.0 Å². The number of nitrogens with zero attached hydrogens (tertiary/aromatic N) is 2. The molecule has 1 aliphatic carbocycles. The molecule has 2 fully saturated rings. The van der Waals surface area contributed by atoms with E-state index in [0.29, 0.717) is 12.1 Å². The first-order valence-corrected chi connectivity index (χ1v) is 7.80. The highest BCUT2D eigenvalue weighted by atomic mass is 16.5. The van der Waals surface area contributed by atoms with Crippen LogP contribution in [0.5, 0.6) is 0 Å². The molecule has 0 aromatic heterocycles. The largest absolute Gasteiger partial charge is 0.468 e. The van der Waals surface area contributed by atoms with Gasteiger partial charge in [-0.15, -0.1) is 0 Å². The van der Waals surface area contributed by atoms with E-state index < -0.39 is 5.54 Å². The Morgan fingerprint density at radius 1 is 1.45 bits per heavy atom. The number of nitrogens with one attached hydrogen (secondary N) is 1. The molecule has 2 rings (SSSR count). The summed E-state index contributed by atoms with van der Waals surface area (Å²) < 4.78 is 5.04. The molecule has 3 atom stereocenters. The van der Waals surface area contributed by atoms with E-state index >= 15 is 0 Å². The highest BCUT2D eigenvalue weighted by molar-refractivity contribution is 5.81. The number of hydrogen-bond acceptors (Lipinski definition) is 5. The summed E-state index contributed by atoms with van der Waals surface area (Å²) >= 11 is 0. The van der Waals surface area contributed by atoms with Gasteiger partial charge in [0.2, 0.25) is 0 Å². The molecule has 1 saturated heterocycles. The van der Waals surface area contributed by atoms with Gasteiger partial charge >= 0.3 is 5.97 Å². The van der Waals surface area contributed by atoms with Gasteiger partial charge in [-0.3, -0.25) is 9.69 Å². The number of piperazine rings is 1. The molecule has 20 heavy (non-hydrogen) atoms. The summed E-state index contributed by atoms with van der Waals surface area (Å²) in [4.78, 5) is 17.1. The third kappa shape index (κ3) is 3.00. The number of rotatable bonds is 4. The smallest absolute Gasteiger partial charge is 0.326 e. The molecular weight excluding hydrogens is 254 g/mol. The summed E-state index contributed by atoms with van der Waals surface area (Å²) in [5.41, 5.74) is -0.461. The number of carbonyl (C=O) groups is 1. The van der Waals surface area contributed by atoms with Crippen molar-refractivity contribution in [2.75, 3.05) is 40.3 Å². The fourth-order valence-corrected chi connectivity index (χ4v) is 3.95. The first-order valence-electron chi connectivity index (χ1n) is 7.80. The Morgan fingerprint density at radius 2 is 2.20 bits per heavy atom. The zero-order valence-corrected chi connectivity index (χ0v) is 13.3. The van der Waals surface area contributed by atoms with Crippen LogP contribution in [0.1, 0.15) is 33.1 Å². The number of esters is 1. The second kappa shape index (κ2) is 6.41. The van der Waals surface area contributed by atoms with E-state index in [1.54, 1.807) is 0 Å². The second-order valence-corrected chi connectivity index (χ2v) is 6.35. The normalized spacial score (nSPS) is 36.2. The first kappa shape index (κ1) is 15.7. The van der Waals surface area contributed by atoms with Crippen molar-refractivity contribution in [3.8, 4) is 0 Å². The van der Waals surface area contributed by atoms with Gasteiger partial charge in [-0.2, -0.15) is 0 Å². The molecule has 116 valence electrons. The van der Waals surface area contributed by atoms with Crippen molar-refractivity contribution >= 4 is 5.97 Å². The van der Waals surface area contributed by atoms with Crippen LogP contribution in [0.25, 0.3) is 0 Å². The van der Waals surface area contributed by atoms with Crippen molar-refractivity contribution in [2.24, 2.45) is 0 Å². The van der Waals surface area contributed by atoms with E-state index in [1.807, 2.05) is 0 Å². The molecule has 5 heteroatoms. The topological polar surface area (TPSA) is 44.8 Å². The quantitative estimate of drug-likeness (QED) is 0.769. The lowest BCUT2D eigenvalue weighted by atomic mass is 9.96. The Morgan fingerprint density at radius 3 is 2.80 bits per heavy atom. The molecule has 0 amide bonds. The standard InChI is InChI=1S/C15H29N3O2/c1-5-16-15(14(19)20-4)7-6-13(10-15)18-9-8-17(3)11-12(18)2/h12-13,16H,5-11H2,1-4H3. The van der Waals surface area contributed by atoms with Crippen LogP contribution < -0.4 is 5.32 Å². The minimum absolute atomic E-state index is 0.0939. The maximum atomic E-state index is 12.2. The minimum atomic E-state index is -0.461. The van der Waals surface area contributed by atoms with Gasteiger partial charge in [0.05, 0.1) is 7.11 Å². The van der Waals surface area contributed by atoms with Gasteiger partial charge in [0, 0.05) is 31.7 Å². The predicted molar refractivity (Wildman–Crippen MR) is 79.7 cm³/mol. The summed E-state index contributed by atoms with van der Waals surface area (Å²) in [6.45, 7) is 8.49. The van der Waals surface area contributed by atoms with Gasteiger partial charge in [0.25, 0.3) is 0 Å². The van der Waals surface area contributed by atoms with Crippen molar-refractivity contribution in [3.05, 3.63) is 0 Å². The molecule has 2 aliphatic rings. The SMILES string of the molecule is CCNC1(C(=O)OC)CCC(N2CCN(C)CC2C)C1. The van der Waals surface area contributed by atoms with Crippen LogP contribution in [0, 0.1) is 0 Å². The molecule has 1 saturated carbocycles. The van der Waals surface area contributed by atoms with E-state index in [2.05, 4.69) is 36.0 Å². The zero-order valence-electron chi connectivity index (χ0n) is 13.3. The van der Waals surface area contributed by atoms with E-state index in [-0.39, 0.29) is 5.97 Å². The van der Waals surface area contributed by atoms with E-state index in [4.69, 9.17) is 4.74 Å². The second-order valence-electron chi connectivity index (χ2n) is 6.35. The zero-order chi connectivity index (χ0) is 14.8. The number of ether oxygens (including phenoxy) is 1. The molecule has 5 nitrogen and oxygen atoms in total. The maximum absolute atomic E-state index is 12.2. The van der Waals surface area contributed by atoms with Gasteiger partial charge in [-0.25, -0.2) is 0 Å². The van der Waals surface area contributed by atoms with Crippen molar-refractivity contribution in [2.45, 2.75) is 50.7 Å². The summed E-state index contributed by atoms with van der Waals surface area (Å²) in [7, 11) is 3.67. The molecule has 0 radical (unpaired) electrons. The van der Waals surface area contributed by atoms with Crippen LogP contribution in [0.4, 0.5) is 0 Å². The average Bonchev–Trinajstić information content (AvgIpc) is 2.83. The first-order chi connectivity index (χ1) is 9.52. The number of methoxy groups -OCH3 is 1. The van der Waals surface area contributed by atoms with Crippen LogP contribution >= 0.6 is 0 Å². The Labute approximate surface area is 122 Å². The van der Waals surface area contributed by atoms with Gasteiger partial charge in [0.15, 0.2) is 0 Å². The molecule has 0 aromatic carbocycles. The fraction of sp³-hybridized carbons (Fsp3) is 0.933. The monoisotopic (exact) mass is 283 g/mol. The molecule has 1 heterocycles. The van der Waals surface area contributed by atoms with Crippen molar-refractivity contribution in [3.63, 3.8) is 0 Å². The lowest BCUT2D eigenvalue weighted by Crippen LogP contribution is -2.56. The van der Waals surface area contributed by atoms with Crippen LogP contribution in [0.3, 0.4) is 0 Å². The number of likely N-dealkylation sites (N-methyl/N-ethyl adjacent to an activating group) is 2. The highest BCUT2D eigenvalue weighted by Gasteiger charge is 2.48. The van der Waals surface area contributed by atoms with Crippen molar-refractivity contribution < 1.29 is 9.53 Å². The number of hydrogen-bond donors (Lipinski definition) is 1. The van der Waals surface area contributed by atoms with E-state index in [9.17, 15) is 4.79 Å². The van der Waals surface area contributed by atoms with Crippen molar-refractivity contribution in [1.29, 1.82) is 0 Å². The summed E-state index contributed by atoms with van der Waals surface area (Å²) in [5, 5.41) is 3.39. The van der Waals surface area contributed by atoms with Crippen LogP contribution in [0.15, 0.2) is 0 Å². The predicted octanol–water partition coefficient (Wildman–Crippen LogP) is 0.696. The fourth-order valence-electron chi connectivity index (χ4n) is 3.95.